The van der Waals surface area contributed by atoms with Gasteiger partial charge in [-0.25, -0.2) is 0 Å². The molecule has 0 bridgehead atoms. The van der Waals surface area contributed by atoms with E-state index in [-0.39, 0.29) is 0 Å². The molecule has 9 aromatic rings. The van der Waals surface area contributed by atoms with E-state index in [2.05, 4.69) is 161 Å². The van der Waals surface area contributed by atoms with Crippen LogP contribution in [0.4, 0.5) is 0 Å². The lowest BCUT2D eigenvalue weighted by molar-refractivity contribution is 1.19. The first-order valence-corrected chi connectivity index (χ1v) is 14.4. The lowest BCUT2D eigenvalue weighted by Gasteiger charge is -2.11. The second-order valence-corrected chi connectivity index (χ2v) is 11.1. The number of rotatable bonds is 3. The molecule has 9 rings (SSSR count). The van der Waals surface area contributed by atoms with E-state index in [0.717, 1.165) is 0 Å². The Balaban J connectivity index is 1.28. The number of aromatic nitrogens is 2. The highest BCUT2D eigenvalue weighted by Gasteiger charge is 2.16. The average Bonchev–Trinajstić information content (AvgIpc) is 3.60. The van der Waals surface area contributed by atoms with Gasteiger partial charge >= 0.3 is 0 Å². The molecule has 2 heterocycles. The number of para-hydroxylation sites is 1. The van der Waals surface area contributed by atoms with Crippen molar-refractivity contribution in [3.8, 4) is 27.9 Å². The highest BCUT2D eigenvalue weighted by molar-refractivity contribution is 6.19. The second kappa shape index (κ2) is 8.95. The number of hydrogen-bond acceptors (Lipinski definition) is 0. The van der Waals surface area contributed by atoms with E-state index in [0.29, 0.717) is 0 Å². The van der Waals surface area contributed by atoms with Crippen LogP contribution in [-0.2, 0) is 0 Å². The molecular formula is C40H26N2. The molecule has 0 saturated carbocycles. The summed E-state index contributed by atoms with van der Waals surface area (Å²) in [4.78, 5) is 3.56. The summed E-state index contributed by atoms with van der Waals surface area (Å²) in [5.74, 6) is 0. The highest BCUT2D eigenvalue weighted by atomic mass is 15.0. The van der Waals surface area contributed by atoms with Crippen LogP contribution in [0.3, 0.4) is 0 Å². The first kappa shape index (κ1) is 23.1. The SMILES string of the molecule is c1ccc(-c2ccc(-n3c4ccc(-c5ccc6[nH]c7ccccc7c6c5)cc4c4ccc5ccccc5c43)cc2)cc1. The Hall–Kier alpha value is -5.60. The van der Waals surface area contributed by atoms with Crippen LogP contribution < -0.4 is 0 Å². The van der Waals surface area contributed by atoms with Crippen molar-refractivity contribution < 1.29 is 0 Å². The van der Waals surface area contributed by atoms with E-state index in [1.807, 2.05) is 0 Å². The van der Waals surface area contributed by atoms with E-state index in [9.17, 15) is 0 Å². The van der Waals surface area contributed by atoms with Gasteiger partial charge in [0.1, 0.15) is 0 Å². The summed E-state index contributed by atoms with van der Waals surface area (Å²) in [6, 6.07) is 55.1. The van der Waals surface area contributed by atoms with E-state index in [4.69, 9.17) is 0 Å². The first-order valence-electron chi connectivity index (χ1n) is 14.4. The molecule has 0 saturated heterocycles. The molecule has 0 atom stereocenters. The molecule has 0 aliphatic rings. The highest BCUT2D eigenvalue weighted by Crippen LogP contribution is 2.39. The quantitative estimate of drug-likeness (QED) is 0.233. The maximum atomic E-state index is 3.56. The fraction of sp³-hybridized carbons (Fsp3) is 0. The van der Waals surface area contributed by atoms with Gasteiger partial charge in [0.05, 0.1) is 11.0 Å². The Morgan fingerprint density at radius 2 is 1.02 bits per heavy atom. The van der Waals surface area contributed by atoms with Gasteiger partial charge in [-0.15, -0.1) is 0 Å². The van der Waals surface area contributed by atoms with Crippen LogP contribution in [-0.4, -0.2) is 9.55 Å². The molecule has 1 N–H and O–H groups in total. The summed E-state index contributed by atoms with van der Waals surface area (Å²) in [5, 5.41) is 7.57. The predicted molar refractivity (Wildman–Crippen MR) is 179 cm³/mol. The van der Waals surface area contributed by atoms with Gasteiger partial charge in [0, 0.05) is 43.7 Å². The number of aromatic amines is 1. The molecule has 0 fully saturated rings. The number of hydrogen-bond donors (Lipinski definition) is 1. The zero-order valence-corrected chi connectivity index (χ0v) is 22.9. The minimum absolute atomic E-state index is 1.17. The Bertz CT molecular complexity index is 2440. The lowest BCUT2D eigenvalue weighted by Crippen LogP contribution is -1.94. The van der Waals surface area contributed by atoms with Crippen LogP contribution in [0, 0.1) is 0 Å². The zero-order valence-electron chi connectivity index (χ0n) is 22.9. The van der Waals surface area contributed by atoms with E-state index in [1.54, 1.807) is 0 Å². The molecule has 2 nitrogen and oxygen atoms in total. The topological polar surface area (TPSA) is 20.7 Å². The minimum atomic E-state index is 1.17. The summed E-state index contributed by atoms with van der Waals surface area (Å²) < 4.78 is 2.44. The third-order valence-electron chi connectivity index (χ3n) is 8.72. The fourth-order valence-electron chi connectivity index (χ4n) is 6.69. The van der Waals surface area contributed by atoms with Crippen molar-refractivity contribution >= 4 is 54.4 Å². The van der Waals surface area contributed by atoms with Crippen molar-refractivity contribution in [2.75, 3.05) is 0 Å². The number of nitrogens with one attached hydrogen (secondary N) is 1. The summed E-state index contributed by atoms with van der Waals surface area (Å²) in [6.07, 6.45) is 0. The van der Waals surface area contributed by atoms with Crippen LogP contribution in [0.25, 0.3) is 82.3 Å². The number of H-pyrrole nitrogens is 1. The molecule has 196 valence electrons. The second-order valence-electron chi connectivity index (χ2n) is 11.1. The van der Waals surface area contributed by atoms with Crippen LogP contribution in [0.15, 0.2) is 152 Å². The molecule has 7 aromatic carbocycles. The molecule has 0 radical (unpaired) electrons. The van der Waals surface area contributed by atoms with Crippen LogP contribution >= 0.6 is 0 Å². The maximum Gasteiger partial charge on any atom is 0.0619 e. The van der Waals surface area contributed by atoms with Crippen molar-refractivity contribution in [2.45, 2.75) is 0 Å². The van der Waals surface area contributed by atoms with Gasteiger partial charge in [-0.05, 0) is 70.1 Å². The number of nitrogens with zero attached hydrogens (tertiary/aromatic N) is 1. The van der Waals surface area contributed by atoms with E-state index >= 15 is 0 Å². The molecular weight excluding hydrogens is 508 g/mol. The standard InChI is InChI=1S/C40H26N2/c1-2-8-26(9-3-1)27-14-19-31(20-15-27)42-39-23-18-30(25-36(39)34-21-16-28-10-4-5-11-32(28)40(34)42)29-17-22-38-35(24-29)33-12-6-7-13-37(33)41-38/h1-25,41H. The van der Waals surface area contributed by atoms with Crippen LogP contribution in [0.1, 0.15) is 0 Å². The van der Waals surface area contributed by atoms with Crippen LogP contribution in [0.2, 0.25) is 0 Å². The molecule has 0 aliphatic heterocycles. The molecule has 0 aliphatic carbocycles. The van der Waals surface area contributed by atoms with Crippen molar-refractivity contribution in [1.29, 1.82) is 0 Å². The first-order chi connectivity index (χ1) is 20.8. The molecule has 0 amide bonds. The Morgan fingerprint density at radius 1 is 0.381 bits per heavy atom. The molecule has 42 heavy (non-hydrogen) atoms. The summed E-state index contributed by atoms with van der Waals surface area (Å²) in [5.41, 5.74) is 10.9. The lowest BCUT2D eigenvalue weighted by atomic mass is 10.00. The number of fused-ring (bicyclic) bond motifs is 8. The average molecular weight is 535 g/mol. The monoisotopic (exact) mass is 534 g/mol. The van der Waals surface area contributed by atoms with Gasteiger partial charge in [0.15, 0.2) is 0 Å². The third kappa shape index (κ3) is 3.45. The van der Waals surface area contributed by atoms with Gasteiger partial charge < -0.3 is 9.55 Å². The van der Waals surface area contributed by atoms with Crippen molar-refractivity contribution in [3.05, 3.63) is 152 Å². The van der Waals surface area contributed by atoms with Gasteiger partial charge in [-0.2, -0.15) is 0 Å². The van der Waals surface area contributed by atoms with Gasteiger partial charge in [0.2, 0.25) is 0 Å². The van der Waals surface area contributed by atoms with E-state index < -0.39 is 0 Å². The smallest absolute Gasteiger partial charge is 0.0619 e. The molecule has 2 heteroatoms. The number of benzene rings is 7. The summed E-state index contributed by atoms with van der Waals surface area (Å²) >= 11 is 0. The Morgan fingerprint density at radius 3 is 1.88 bits per heavy atom. The normalized spacial score (nSPS) is 11.8. The van der Waals surface area contributed by atoms with Crippen LogP contribution in [0.5, 0.6) is 0 Å². The molecule has 0 spiro atoms. The van der Waals surface area contributed by atoms with Gasteiger partial charge in [-0.1, -0.05) is 109 Å². The van der Waals surface area contributed by atoms with Crippen molar-refractivity contribution in [2.24, 2.45) is 0 Å². The maximum absolute atomic E-state index is 3.56. The molecule has 0 unspecified atom stereocenters. The minimum Gasteiger partial charge on any atom is -0.355 e. The fourth-order valence-corrected chi connectivity index (χ4v) is 6.69. The largest absolute Gasteiger partial charge is 0.355 e. The Labute approximate surface area is 243 Å². The predicted octanol–water partition coefficient (Wildman–Crippen LogP) is 10.9. The van der Waals surface area contributed by atoms with Gasteiger partial charge in [0.25, 0.3) is 0 Å². The Kier molecular flexibility index (Phi) is 4.93. The summed E-state index contributed by atoms with van der Waals surface area (Å²) in [6.45, 7) is 0. The third-order valence-corrected chi connectivity index (χ3v) is 8.72. The zero-order chi connectivity index (χ0) is 27.6. The van der Waals surface area contributed by atoms with Gasteiger partial charge in [-0.3, -0.25) is 0 Å². The van der Waals surface area contributed by atoms with Crippen molar-refractivity contribution in [3.63, 3.8) is 0 Å². The van der Waals surface area contributed by atoms with Crippen molar-refractivity contribution in [1.82, 2.24) is 9.55 Å². The summed E-state index contributed by atoms with van der Waals surface area (Å²) in [7, 11) is 0. The van der Waals surface area contributed by atoms with E-state index in [1.165, 1.54) is 82.3 Å². The molecule has 2 aromatic heterocycles.